The number of nitrogens with one attached hydrogen (secondary N) is 1. The van der Waals surface area contributed by atoms with Gasteiger partial charge in [0, 0.05) is 24.1 Å². The van der Waals surface area contributed by atoms with E-state index < -0.39 is 0 Å². The van der Waals surface area contributed by atoms with Crippen LogP contribution in [-0.4, -0.2) is 23.7 Å². The van der Waals surface area contributed by atoms with Crippen LogP contribution in [-0.2, 0) is 0 Å². The third-order valence-electron chi connectivity index (χ3n) is 3.00. The molecule has 1 aromatic rings. The number of hydrogen-bond donors (Lipinski definition) is 2. The highest BCUT2D eigenvalue weighted by Crippen LogP contribution is 2.17. The fraction of sp³-hybridized carbons (Fsp3) is 0.286. The monoisotopic (exact) mass is 242 g/mol. The van der Waals surface area contributed by atoms with Crippen LogP contribution in [0.15, 0.2) is 36.4 Å². The van der Waals surface area contributed by atoms with E-state index in [-0.39, 0.29) is 24.5 Å². The first-order valence-corrected chi connectivity index (χ1v) is 5.83. The van der Waals surface area contributed by atoms with Crippen LogP contribution in [0, 0.1) is 17.2 Å². The van der Waals surface area contributed by atoms with Crippen molar-refractivity contribution in [3.05, 3.63) is 47.5 Å². The van der Waals surface area contributed by atoms with Crippen LogP contribution in [0.5, 0.6) is 0 Å². The topological polar surface area (TPSA) is 73.1 Å². The van der Waals surface area contributed by atoms with Crippen molar-refractivity contribution in [3.8, 4) is 6.07 Å². The molecular weight excluding hydrogens is 228 g/mol. The minimum atomic E-state index is -0.160. The molecule has 0 saturated carbocycles. The molecule has 92 valence electrons. The summed E-state index contributed by atoms with van der Waals surface area (Å²) in [6, 6.07) is 8.50. The Bertz CT molecular complexity index is 500. The zero-order chi connectivity index (χ0) is 13.0. The molecule has 1 aliphatic rings. The Morgan fingerprint density at radius 3 is 2.67 bits per heavy atom. The summed E-state index contributed by atoms with van der Waals surface area (Å²) >= 11 is 0. The first-order valence-electron chi connectivity index (χ1n) is 5.83. The van der Waals surface area contributed by atoms with E-state index in [2.05, 4.69) is 5.32 Å². The summed E-state index contributed by atoms with van der Waals surface area (Å²) in [7, 11) is 0. The lowest BCUT2D eigenvalue weighted by Gasteiger charge is -2.12. The van der Waals surface area contributed by atoms with Gasteiger partial charge in [-0.25, -0.2) is 0 Å². The van der Waals surface area contributed by atoms with Gasteiger partial charge in [0.2, 0.25) is 0 Å². The van der Waals surface area contributed by atoms with Gasteiger partial charge in [0.05, 0.1) is 11.6 Å². The van der Waals surface area contributed by atoms with Crippen molar-refractivity contribution in [2.45, 2.75) is 12.5 Å². The fourth-order valence-corrected chi connectivity index (χ4v) is 1.96. The standard InChI is InChI=1S/C14H14N2O2/c15-8-10-1-4-12(5-2-10)14(18)16-13-6-3-11(7-13)9-17/h1-6,11,13,17H,7,9H2,(H,16,18)/t11-,13+/m0/s1. The normalized spacial score (nSPS) is 21.6. The van der Waals surface area contributed by atoms with E-state index in [0.717, 1.165) is 6.42 Å². The van der Waals surface area contributed by atoms with Crippen molar-refractivity contribution >= 4 is 5.91 Å². The second kappa shape index (κ2) is 5.48. The molecule has 2 atom stereocenters. The highest BCUT2D eigenvalue weighted by molar-refractivity contribution is 5.94. The molecule has 0 heterocycles. The Morgan fingerprint density at radius 2 is 2.11 bits per heavy atom. The van der Waals surface area contributed by atoms with Gasteiger partial charge in [0.25, 0.3) is 5.91 Å². The molecule has 0 spiro atoms. The fourth-order valence-electron chi connectivity index (χ4n) is 1.96. The Hall–Kier alpha value is -2.12. The molecule has 1 amide bonds. The molecule has 1 aromatic carbocycles. The second-order valence-electron chi connectivity index (χ2n) is 4.33. The predicted octanol–water partition coefficient (Wildman–Crippen LogP) is 1.23. The number of hydrogen-bond acceptors (Lipinski definition) is 3. The minimum absolute atomic E-state index is 0.0229. The first-order chi connectivity index (χ1) is 8.72. The summed E-state index contributed by atoms with van der Waals surface area (Å²) in [6.07, 6.45) is 4.56. The van der Waals surface area contributed by atoms with Gasteiger partial charge in [0.15, 0.2) is 0 Å². The van der Waals surface area contributed by atoms with Crippen molar-refractivity contribution in [3.63, 3.8) is 0 Å². The molecule has 18 heavy (non-hydrogen) atoms. The molecule has 0 aliphatic heterocycles. The smallest absolute Gasteiger partial charge is 0.251 e. The summed E-state index contributed by atoms with van der Waals surface area (Å²) in [5.74, 6) is -0.0241. The first kappa shape index (κ1) is 12.3. The van der Waals surface area contributed by atoms with Gasteiger partial charge < -0.3 is 10.4 Å². The van der Waals surface area contributed by atoms with E-state index in [1.54, 1.807) is 24.3 Å². The van der Waals surface area contributed by atoms with E-state index in [1.807, 2.05) is 18.2 Å². The summed E-state index contributed by atoms with van der Waals surface area (Å²) in [5.41, 5.74) is 1.07. The summed E-state index contributed by atoms with van der Waals surface area (Å²) in [5, 5.41) is 20.5. The number of carbonyl (C=O) groups excluding carboxylic acids is 1. The molecule has 2 rings (SSSR count). The Labute approximate surface area is 106 Å². The van der Waals surface area contributed by atoms with E-state index in [9.17, 15) is 4.79 Å². The van der Waals surface area contributed by atoms with Crippen molar-refractivity contribution in [2.75, 3.05) is 6.61 Å². The van der Waals surface area contributed by atoms with Crippen LogP contribution < -0.4 is 5.32 Å². The van der Waals surface area contributed by atoms with Gasteiger partial charge in [-0.15, -0.1) is 0 Å². The zero-order valence-corrected chi connectivity index (χ0v) is 9.84. The quantitative estimate of drug-likeness (QED) is 0.783. The van der Waals surface area contributed by atoms with E-state index in [4.69, 9.17) is 10.4 Å². The number of amides is 1. The maximum absolute atomic E-state index is 11.9. The molecule has 1 aliphatic carbocycles. The molecule has 4 heteroatoms. The van der Waals surface area contributed by atoms with Crippen molar-refractivity contribution < 1.29 is 9.90 Å². The van der Waals surface area contributed by atoms with Crippen LogP contribution >= 0.6 is 0 Å². The highest BCUT2D eigenvalue weighted by Gasteiger charge is 2.20. The molecule has 2 N–H and O–H groups in total. The molecule has 0 radical (unpaired) electrons. The number of carbonyl (C=O) groups is 1. The van der Waals surface area contributed by atoms with Gasteiger partial charge >= 0.3 is 0 Å². The van der Waals surface area contributed by atoms with Crippen LogP contribution in [0.1, 0.15) is 22.3 Å². The van der Waals surface area contributed by atoms with Crippen LogP contribution in [0.25, 0.3) is 0 Å². The predicted molar refractivity (Wildman–Crippen MR) is 66.7 cm³/mol. The van der Waals surface area contributed by atoms with E-state index in [0.29, 0.717) is 11.1 Å². The highest BCUT2D eigenvalue weighted by atomic mass is 16.3. The number of nitriles is 1. The number of benzene rings is 1. The maximum Gasteiger partial charge on any atom is 0.251 e. The van der Waals surface area contributed by atoms with Crippen LogP contribution in [0.2, 0.25) is 0 Å². The van der Waals surface area contributed by atoms with E-state index >= 15 is 0 Å². The largest absolute Gasteiger partial charge is 0.396 e. The number of rotatable bonds is 3. The van der Waals surface area contributed by atoms with Gasteiger partial charge in [-0.2, -0.15) is 5.26 Å². The van der Waals surface area contributed by atoms with Gasteiger partial charge in [-0.3, -0.25) is 4.79 Å². The lowest BCUT2D eigenvalue weighted by Crippen LogP contribution is -2.32. The molecule has 4 nitrogen and oxygen atoms in total. The lowest BCUT2D eigenvalue weighted by atomic mass is 10.1. The van der Waals surface area contributed by atoms with Crippen molar-refractivity contribution in [1.29, 1.82) is 5.26 Å². The summed E-state index contributed by atoms with van der Waals surface area (Å²) < 4.78 is 0. The number of aliphatic hydroxyl groups is 1. The van der Waals surface area contributed by atoms with Gasteiger partial charge in [-0.05, 0) is 30.7 Å². The third kappa shape index (κ3) is 2.76. The summed E-state index contributed by atoms with van der Waals surface area (Å²) in [6.45, 7) is 0.111. The van der Waals surface area contributed by atoms with Gasteiger partial charge in [-0.1, -0.05) is 12.2 Å². The van der Waals surface area contributed by atoms with E-state index in [1.165, 1.54) is 0 Å². The van der Waals surface area contributed by atoms with Gasteiger partial charge in [0.1, 0.15) is 0 Å². The molecule has 0 fully saturated rings. The second-order valence-corrected chi connectivity index (χ2v) is 4.33. The van der Waals surface area contributed by atoms with Crippen molar-refractivity contribution in [1.82, 2.24) is 5.32 Å². The summed E-state index contributed by atoms with van der Waals surface area (Å²) in [4.78, 5) is 11.9. The van der Waals surface area contributed by atoms with Crippen LogP contribution in [0.4, 0.5) is 0 Å². The average molecular weight is 242 g/mol. The third-order valence-corrected chi connectivity index (χ3v) is 3.00. The van der Waals surface area contributed by atoms with Crippen LogP contribution in [0.3, 0.4) is 0 Å². The molecule has 0 bridgehead atoms. The average Bonchev–Trinajstić information content (AvgIpc) is 2.86. The SMILES string of the molecule is N#Cc1ccc(C(=O)N[C@@H]2C=C[C@H](CO)C2)cc1. The Kier molecular flexibility index (Phi) is 3.75. The number of aliphatic hydroxyl groups excluding tert-OH is 1. The molecule has 0 aromatic heterocycles. The molecule has 0 saturated heterocycles. The molecule has 0 unspecified atom stereocenters. The Morgan fingerprint density at radius 1 is 1.39 bits per heavy atom. The zero-order valence-electron chi connectivity index (χ0n) is 9.84. The van der Waals surface area contributed by atoms with Crippen molar-refractivity contribution in [2.24, 2.45) is 5.92 Å². The minimum Gasteiger partial charge on any atom is -0.396 e. The number of nitrogens with zero attached hydrogens (tertiary/aromatic N) is 1. The molecular formula is C14H14N2O2. The maximum atomic E-state index is 11.9. The lowest BCUT2D eigenvalue weighted by molar-refractivity contribution is 0.0941. The Balaban J connectivity index is 1.96.